The highest BCUT2D eigenvalue weighted by molar-refractivity contribution is 8.04. The van der Waals surface area contributed by atoms with Crippen molar-refractivity contribution in [3.05, 3.63) is 40.3 Å². The van der Waals surface area contributed by atoms with Crippen molar-refractivity contribution in [2.75, 3.05) is 25.0 Å². The van der Waals surface area contributed by atoms with E-state index in [2.05, 4.69) is 5.32 Å². The molecule has 2 aromatic rings. The van der Waals surface area contributed by atoms with Crippen molar-refractivity contribution >= 4 is 50.0 Å². The number of ether oxygens (including phenoxy) is 1. The number of thiocyanates is 1. The lowest BCUT2D eigenvalue weighted by atomic mass is 10.2. The van der Waals surface area contributed by atoms with Gasteiger partial charge < -0.3 is 10.1 Å². The maximum absolute atomic E-state index is 12.8. The summed E-state index contributed by atoms with van der Waals surface area (Å²) < 4.78 is 32.1. The molecule has 1 N–H and O–H groups in total. The SMILES string of the molecule is CCOC(=O)c1sc(NC(=O)c2ccc(S(=O)(=O)N3CCCCC3)cc2)c(SC#N)c1C. The van der Waals surface area contributed by atoms with Gasteiger partial charge in [-0.1, -0.05) is 6.42 Å². The molecule has 0 bridgehead atoms. The Bertz CT molecular complexity index is 1140. The highest BCUT2D eigenvalue weighted by Gasteiger charge is 2.26. The van der Waals surface area contributed by atoms with Gasteiger partial charge in [-0.3, -0.25) is 4.79 Å². The van der Waals surface area contributed by atoms with Crippen LogP contribution in [0.25, 0.3) is 0 Å². The molecule has 1 saturated heterocycles. The molecule has 2 heterocycles. The summed E-state index contributed by atoms with van der Waals surface area (Å²) in [6.07, 6.45) is 2.71. The number of amides is 1. The maximum atomic E-state index is 12.8. The quantitative estimate of drug-likeness (QED) is 0.348. The van der Waals surface area contributed by atoms with Crippen LogP contribution in [0, 0.1) is 17.6 Å². The topological polar surface area (TPSA) is 117 Å². The maximum Gasteiger partial charge on any atom is 0.348 e. The molecule has 0 atom stereocenters. The summed E-state index contributed by atoms with van der Waals surface area (Å²) in [6, 6.07) is 5.76. The number of rotatable bonds is 7. The van der Waals surface area contributed by atoms with Crippen molar-refractivity contribution in [1.82, 2.24) is 4.31 Å². The molecule has 1 aromatic carbocycles. The fraction of sp³-hybridized carbons (Fsp3) is 0.381. The van der Waals surface area contributed by atoms with E-state index in [1.54, 1.807) is 13.8 Å². The number of esters is 1. The second-order valence-electron chi connectivity index (χ2n) is 7.07. The van der Waals surface area contributed by atoms with Crippen LogP contribution in [0.5, 0.6) is 0 Å². The van der Waals surface area contributed by atoms with Gasteiger partial charge in [0.15, 0.2) is 0 Å². The van der Waals surface area contributed by atoms with Gasteiger partial charge in [0.05, 0.1) is 16.4 Å². The molecule has 1 aliphatic rings. The van der Waals surface area contributed by atoms with E-state index in [1.807, 2.05) is 5.40 Å². The molecule has 0 radical (unpaired) electrons. The number of nitrogens with zero attached hydrogens (tertiary/aromatic N) is 2. The number of sulfonamides is 1. The number of hydrogen-bond acceptors (Lipinski definition) is 8. The van der Waals surface area contributed by atoms with Crippen LogP contribution < -0.4 is 5.32 Å². The Morgan fingerprint density at radius 2 is 1.88 bits per heavy atom. The molecular formula is C21H23N3O5S3. The number of nitrogens with one attached hydrogen (secondary N) is 1. The molecule has 170 valence electrons. The van der Waals surface area contributed by atoms with Crippen LogP contribution >= 0.6 is 23.1 Å². The van der Waals surface area contributed by atoms with Crippen LogP contribution in [0.1, 0.15) is 51.8 Å². The third-order valence-electron chi connectivity index (χ3n) is 5.00. The first-order valence-electron chi connectivity index (χ1n) is 10.1. The average Bonchev–Trinajstić information content (AvgIpc) is 3.10. The fourth-order valence-electron chi connectivity index (χ4n) is 3.35. The summed E-state index contributed by atoms with van der Waals surface area (Å²) in [5.74, 6) is -0.981. The highest BCUT2D eigenvalue weighted by Crippen LogP contribution is 2.40. The average molecular weight is 494 g/mol. The van der Waals surface area contributed by atoms with Crippen molar-refractivity contribution in [2.24, 2.45) is 0 Å². The Labute approximate surface area is 195 Å². The van der Waals surface area contributed by atoms with Crippen molar-refractivity contribution < 1.29 is 22.7 Å². The number of thioether (sulfide) groups is 1. The van der Waals surface area contributed by atoms with Gasteiger partial charge in [-0.15, -0.1) is 11.3 Å². The van der Waals surface area contributed by atoms with Crippen LogP contribution in [-0.2, 0) is 14.8 Å². The van der Waals surface area contributed by atoms with Gasteiger partial charge in [-0.2, -0.15) is 9.57 Å². The highest BCUT2D eigenvalue weighted by atomic mass is 32.2. The van der Waals surface area contributed by atoms with Crippen LogP contribution in [-0.4, -0.2) is 44.3 Å². The third kappa shape index (κ3) is 5.15. The van der Waals surface area contributed by atoms with Crippen molar-refractivity contribution in [3.63, 3.8) is 0 Å². The second-order valence-corrected chi connectivity index (χ2v) is 10.8. The molecular weight excluding hydrogens is 470 g/mol. The first-order chi connectivity index (χ1) is 15.3. The minimum atomic E-state index is -3.58. The van der Waals surface area contributed by atoms with E-state index in [4.69, 9.17) is 10.00 Å². The zero-order valence-corrected chi connectivity index (χ0v) is 20.2. The largest absolute Gasteiger partial charge is 0.462 e. The molecule has 1 fully saturated rings. The molecule has 1 aliphatic heterocycles. The summed E-state index contributed by atoms with van der Waals surface area (Å²) in [5, 5.41) is 14.2. The van der Waals surface area contributed by atoms with Crippen LogP contribution in [0.4, 0.5) is 5.00 Å². The van der Waals surface area contributed by atoms with E-state index in [1.165, 1.54) is 28.6 Å². The minimum absolute atomic E-state index is 0.147. The third-order valence-corrected chi connectivity index (χ3v) is 9.03. The standard InChI is InChI=1S/C21H23N3O5S3/c1-3-29-21(26)18-14(2)17(30-13-22)20(31-18)23-19(25)15-7-9-16(10-8-15)32(27,28)24-11-5-4-6-12-24/h7-10H,3-6,11-12H2,1-2H3,(H,23,25). The number of nitriles is 1. The number of thiophene rings is 1. The number of hydrogen-bond donors (Lipinski definition) is 1. The first kappa shape index (κ1) is 24.3. The van der Waals surface area contributed by atoms with Crippen LogP contribution in [0.2, 0.25) is 0 Å². The number of carbonyl (C=O) groups excluding carboxylic acids is 2. The monoisotopic (exact) mass is 493 g/mol. The molecule has 0 spiro atoms. The zero-order valence-electron chi connectivity index (χ0n) is 17.7. The Balaban J connectivity index is 1.81. The summed E-state index contributed by atoms with van der Waals surface area (Å²) in [7, 11) is -3.58. The summed E-state index contributed by atoms with van der Waals surface area (Å²) >= 11 is 1.89. The van der Waals surface area contributed by atoms with E-state index < -0.39 is 21.9 Å². The molecule has 1 aromatic heterocycles. The van der Waals surface area contributed by atoms with Gasteiger partial charge in [0.1, 0.15) is 15.3 Å². The lowest BCUT2D eigenvalue weighted by Gasteiger charge is -2.25. The van der Waals surface area contributed by atoms with Crippen molar-refractivity contribution in [2.45, 2.75) is 42.9 Å². The van der Waals surface area contributed by atoms with E-state index in [0.29, 0.717) is 33.4 Å². The summed E-state index contributed by atoms with van der Waals surface area (Å²) in [4.78, 5) is 25.9. The van der Waals surface area contributed by atoms with E-state index in [-0.39, 0.29) is 17.1 Å². The lowest BCUT2D eigenvalue weighted by Crippen LogP contribution is -2.35. The van der Waals surface area contributed by atoms with Crippen LogP contribution in [0.3, 0.4) is 0 Å². The molecule has 0 saturated carbocycles. The predicted molar refractivity (Wildman–Crippen MR) is 123 cm³/mol. The van der Waals surface area contributed by atoms with Gasteiger partial charge in [0.2, 0.25) is 10.0 Å². The Kier molecular flexibility index (Phi) is 7.95. The van der Waals surface area contributed by atoms with Crippen LogP contribution in [0.15, 0.2) is 34.1 Å². The fourth-order valence-corrected chi connectivity index (χ4v) is 6.66. The number of carbonyl (C=O) groups is 2. The van der Waals surface area contributed by atoms with Gasteiger partial charge in [-0.05, 0) is 68.3 Å². The van der Waals surface area contributed by atoms with Gasteiger partial charge in [0, 0.05) is 18.7 Å². The predicted octanol–water partition coefficient (Wildman–Crippen LogP) is 4.23. The van der Waals surface area contributed by atoms with E-state index in [9.17, 15) is 18.0 Å². The lowest BCUT2D eigenvalue weighted by molar-refractivity contribution is 0.0531. The Morgan fingerprint density at radius 3 is 2.47 bits per heavy atom. The second kappa shape index (κ2) is 10.5. The summed E-state index contributed by atoms with van der Waals surface area (Å²) in [5.41, 5.74) is 0.831. The van der Waals surface area contributed by atoms with E-state index >= 15 is 0 Å². The van der Waals surface area contributed by atoms with E-state index in [0.717, 1.165) is 42.4 Å². The molecule has 3 rings (SSSR count). The van der Waals surface area contributed by atoms with Gasteiger partial charge in [0.25, 0.3) is 5.91 Å². The molecule has 0 unspecified atom stereocenters. The molecule has 32 heavy (non-hydrogen) atoms. The van der Waals surface area contributed by atoms with Gasteiger partial charge in [-0.25, -0.2) is 13.2 Å². The Morgan fingerprint density at radius 1 is 1.22 bits per heavy atom. The Hall–Kier alpha value is -2.39. The van der Waals surface area contributed by atoms with Crippen molar-refractivity contribution in [1.29, 1.82) is 5.26 Å². The minimum Gasteiger partial charge on any atom is -0.462 e. The normalized spacial score (nSPS) is 14.5. The van der Waals surface area contributed by atoms with Crippen molar-refractivity contribution in [3.8, 4) is 5.40 Å². The number of benzene rings is 1. The summed E-state index contributed by atoms with van der Waals surface area (Å²) in [6.45, 7) is 4.61. The first-order valence-corrected chi connectivity index (χ1v) is 13.1. The smallest absolute Gasteiger partial charge is 0.348 e. The molecule has 11 heteroatoms. The van der Waals surface area contributed by atoms with Gasteiger partial charge >= 0.3 is 5.97 Å². The number of piperidine rings is 1. The molecule has 1 amide bonds. The zero-order chi connectivity index (χ0) is 23.3. The molecule has 0 aliphatic carbocycles. The molecule has 8 nitrogen and oxygen atoms in total. The number of anilines is 1.